The van der Waals surface area contributed by atoms with Crippen LogP contribution in [0.5, 0.6) is 0 Å². The Labute approximate surface area is 205 Å². The fourth-order valence-electron chi connectivity index (χ4n) is 5.65. The molecule has 7 heteroatoms. The van der Waals surface area contributed by atoms with Gasteiger partial charge in [0, 0.05) is 39.3 Å². The van der Waals surface area contributed by atoms with Crippen LogP contribution < -0.4 is 15.2 Å². The van der Waals surface area contributed by atoms with Gasteiger partial charge < -0.3 is 15.2 Å². The van der Waals surface area contributed by atoms with E-state index in [1.165, 1.54) is 34.5 Å². The smallest absolute Gasteiger partial charge is 0.186 e. The van der Waals surface area contributed by atoms with Crippen LogP contribution in [0, 0.1) is 23.2 Å². The standard InChI is InChI=1S/C27H30N6S/c1-31-17-23-13-20(7-8-24(23)32(31)2)26-25(19-5-3-18(14-28)4-6-19)30-27(34-26)33-11-9-21-15-29-16-22(21)10-12-33/h3-8,13,21-22,29H,9-12,15-17H2,1-2H3. The molecule has 0 bridgehead atoms. The van der Waals surface area contributed by atoms with Gasteiger partial charge in [-0.15, -0.1) is 0 Å². The first-order valence-corrected chi connectivity index (χ1v) is 13.0. The van der Waals surface area contributed by atoms with Gasteiger partial charge in [-0.2, -0.15) is 5.26 Å². The molecule has 0 aliphatic carbocycles. The molecule has 0 saturated carbocycles. The summed E-state index contributed by atoms with van der Waals surface area (Å²) in [6.45, 7) is 5.39. The number of aromatic nitrogens is 1. The summed E-state index contributed by atoms with van der Waals surface area (Å²) in [7, 11) is 4.24. The topological polar surface area (TPSA) is 58.4 Å². The van der Waals surface area contributed by atoms with Crippen molar-refractivity contribution in [1.82, 2.24) is 15.3 Å². The van der Waals surface area contributed by atoms with Crippen molar-refractivity contribution in [1.29, 1.82) is 5.26 Å². The molecular weight excluding hydrogens is 440 g/mol. The van der Waals surface area contributed by atoms with Crippen LogP contribution in [0.15, 0.2) is 42.5 Å². The highest BCUT2D eigenvalue weighted by Gasteiger charge is 2.31. The van der Waals surface area contributed by atoms with Gasteiger partial charge in [0.05, 0.1) is 27.9 Å². The Morgan fingerprint density at radius 1 is 1.00 bits per heavy atom. The van der Waals surface area contributed by atoms with Gasteiger partial charge in [-0.1, -0.05) is 29.5 Å². The Morgan fingerprint density at radius 3 is 2.41 bits per heavy atom. The second-order valence-corrected chi connectivity index (χ2v) is 10.8. The van der Waals surface area contributed by atoms with Crippen molar-refractivity contribution < 1.29 is 0 Å². The Bertz CT molecular complexity index is 1230. The maximum Gasteiger partial charge on any atom is 0.186 e. The monoisotopic (exact) mass is 470 g/mol. The van der Waals surface area contributed by atoms with Crippen molar-refractivity contribution in [2.45, 2.75) is 19.4 Å². The van der Waals surface area contributed by atoms with Crippen LogP contribution in [0.25, 0.3) is 21.7 Å². The molecule has 6 nitrogen and oxygen atoms in total. The van der Waals surface area contributed by atoms with Crippen LogP contribution >= 0.6 is 11.3 Å². The van der Waals surface area contributed by atoms with E-state index in [0.717, 1.165) is 60.9 Å². The van der Waals surface area contributed by atoms with E-state index in [1.807, 2.05) is 35.6 Å². The maximum atomic E-state index is 9.25. The molecule has 0 amide bonds. The molecular formula is C27H30N6S. The van der Waals surface area contributed by atoms with E-state index in [1.54, 1.807) is 0 Å². The molecule has 0 spiro atoms. The Hall–Kier alpha value is -2.92. The van der Waals surface area contributed by atoms with Crippen molar-refractivity contribution in [3.05, 3.63) is 53.6 Å². The molecule has 3 aromatic rings. The van der Waals surface area contributed by atoms with Crippen molar-refractivity contribution in [2.24, 2.45) is 11.8 Å². The molecule has 174 valence electrons. The Balaban J connectivity index is 1.39. The van der Waals surface area contributed by atoms with E-state index in [0.29, 0.717) is 5.56 Å². The highest BCUT2D eigenvalue weighted by Crippen LogP contribution is 2.43. The first-order valence-electron chi connectivity index (χ1n) is 12.2. The summed E-state index contributed by atoms with van der Waals surface area (Å²) in [5.74, 6) is 1.60. The van der Waals surface area contributed by atoms with Crippen molar-refractivity contribution in [2.75, 3.05) is 50.2 Å². The number of benzene rings is 2. The molecule has 2 saturated heterocycles. The number of hydrogen-bond donors (Lipinski definition) is 1. The van der Waals surface area contributed by atoms with Crippen molar-refractivity contribution >= 4 is 22.2 Å². The largest absolute Gasteiger partial charge is 0.348 e. The summed E-state index contributed by atoms with van der Waals surface area (Å²) in [4.78, 5) is 8.94. The van der Waals surface area contributed by atoms with Gasteiger partial charge in [-0.05, 0) is 73.2 Å². The lowest BCUT2D eigenvalue weighted by molar-refractivity contribution is 0.345. The number of nitrogens with one attached hydrogen (secondary N) is 1. The van der Waals surface area contributed by atoms with Gasteiger partial charge in [0.25, 0.3) is 0 Å². The molecule has 34 heavy (non-hydrogen) atoms. The normalized spacial score (nSPS) is 22.4. The average Bonchev–Trinajstić information content (AvgIpc) is 3.54. The molecule has 2 unspecified atom stereocenters. The van der Waals surface area contributed by atoms with E-state index >= 15 is 0 Å². The number of nitriles is 1. The molecule has 0 radical (unpaired) electrons. The zero-order valence-electron chi connectivity index (χ0n) is 19.8. The van der Waals surface area contributed by atoms with Crippen molar-refractivity contribution in [3.63, 3.8) is 0 Å². The number of anilines is 2. The van der Waals surface area contributed by atoms with Crippen LogP contribution in [-0.2, 0) is 6.54 Å². The third-order valence-corrected chi connectivity index (χ3v) is 8.96. The molecule has 2 aromatic carbocycles. The molecule has 1 aromatic heterocycles. The number of nitrogens with zero attached hydrogens (tertiary/aromatic N) is 5. The van der Waals surface area contributed by atoms with E-state index in [-0.39, 0.29) is 0 Å². The lowest BCUT2D eigenvalue weighted by Gasteiger charge is -2.21. The number of hydrogen-bond acceptors (Lipinski definition) is 7. The van der Waals surface area contributed by atoms with E-state index < -0.39 is 0 Å². The molecule has 3 aliphatic rings. The third kappa shape index (κ3) is 3.76. The molecule has 2 fully saturated rings. The molecule has 3 aliphatic heterocycles. The number of fused-ring (bicyclic) bond motifs is 2. The highest BCUT2D eigenvalue weighted by molar-refractivity contribution is 7.19. The Morgan fingerprint density at radius 2 is 1.71 bits per heavy atom. The summed E-state index contributed by atoms with van der Waals surface area (Å²) in [5, 5.41) is 18.4. The van der Waals surface area contributed by atoms with Gasteiger partial charge in [-0.3, -0.25) is 0 Å². The second-order valence-electron chi connectivity index (χ2n) is 9.79. The average molecular weight is 471 g/mol. The van der Waals surface area contributed by atoms with E-state index in [2.05, 4.69) is 58.6 Å². The first kappa shape index (κ1) is 21.6. The predicted molar refractivity (Wildman–Crippen MR) is 139 cm³/mol. The van der Waals surface area contributed by atoms with Gasteiger partial charge in [-0.25, -0.2) is 9.99 Å². The van der Waals surface area contributed by atoms with Gasteiger partial charge in [0.2, 0.25) is 0 Å². The Kier molecular flexibility index (Phi) is 5.53. The summed E-state index contributed by atoms with van der Waals surface area (Å²) >= 11 is 1.82. The fourth-order valence-corrected chi connectivity index (χ4v) is 6.79. The lowest BCUT2D eigenvalue weighted by atomic mass is 9.92. The second kappa shape index (κ2) is 8.70. The summed E-state index contributed by atoms with van der Waals surface area (Å²) < 4.78 is 0. The van der Waals surface area contributed by atoms with Crippen LogP contribution in [0.3, 0.4) is 0 Å². The van der Waals surface area contributed by atoms with Gasteiger partial charge >= 0.3 is 0 Å². The van der Waals surface area contributed by atoms with Crippen LogP contribution in [0.1, 0.15) is 24.0 Å². The minimum absolute atomic E-state index is 0.678. The third-order valence-electron chi connectivity index (χ3n) is 7.79. The fraction of sp³-hybridized carbons (Fsp3) is 0.407. The maximum absolute atomic E-state index is 9.25. The van der Waals surface area contributed by atoms with Crippen LogP contribution in [0.2, 0.25) is 0 Å². The first-order chi connectivity index (χ1) is 16.6. The zero-order chi connectivity index (χ0) is 23.2. The van der Waals surface area contributed by atoms with Crippen LogP contribution in [0.4, 0.5) is 10.8 Å². The van der Waals surface area contributed by atoms with E-state index in [4.69, 9.17) is 4.98 Å². The zero-order valence-corrected chi connectivity index (χ0v) is 20.6. The lowest BCUT2D eigenvalue weighted by Crippen LogP contribution is -2.29. The number of rotatable bonds is 3. The van der Waals surface area contributed by atoms with Crippen LogP contribution in [-0.4, -0.2) is 50.3 Å². The molecule has 4 heterocycles. The molecule has 6 rings (SSSR count). The quantitative estimate of drug-likeness (QED) is 0.605. The minimum Gasteiger partial charge on any atom is -0.348 e. The summed E-state index contributed by atoms with van der Waals surface area (Å²) in [5.41, 5.74) is 6.61. The van der Waals surface area contributed by atoms with Crippen molar-refractivity contribution in [3.8, 4) is 27.8 Å². The summed E-state index contributed by atoms with van der Waals surface area (Å²) in [6, 6.07) is 16.9. The summed E-state index contributed by atoms with van der Waals surface area (Å²) in [6.07, 6.45) is 2.46. The number of hydrazine groups is 1. The number of thiazole rings is 1. The molecule has 2 atom stereocenters. The minimum atomic E-state index is 0.678. The predicted octanol–water partition coefficient (Wildman–Crippen LogP) is 4.58. The van der Waals surface area contributed by atoms with E-state index in [9.17, 15) is 5.26 Å². The molecule has 1 N–H and O–H groups in total. The highest BCUT2D eigenvalue weighted by atomic mass is 32.1. The van der Waals surface area contributed by atoms with Gasteiger partial charge in [0.15, 0.2) is 5.13 Å². The van der Waals surface area contributed by atoms with Gasteiger partial charge in [0.1, 0.15) is 0 Å². The SMILES string of the molecule is CN1Cc2cc(-c3sc(N4CCC5CNCC5CC4)nc3-c3ccc(C#N)cc3)ccc2N1C.